The fraction of sp³-hybridized carbons (Fsp3) is 0.529. The summed E-state index contributed by atoms with van der Waals surface area (Å²) in [5.41, 5.74) is 1.31. The Hall–Kier alpha value is -1.88. The highest BCUT2D eigenvalue weighted by atomic mass is 16.2. The standard InChI is InChI=1S/C17H23N3O2/c1-13(21)18-16-4-2-3-15(11-16)17(22)20-9-7-19(8-10-20)12-14-5-6-14/h2-4,11,14H,5-10,12H2,1H3,(H,18,21). The average Bonchev–Trinajstić information content (AvgIpc) is 3.31. The van der Waals surface area contributed by atoms with Crippen molar-refractivity contribution in [2.75, 3.05) is 38.0 Å². The normalized spacial score (nSPS) is 19.0. The van der Waals surface area contributed by atoms with Gasteiger partial charge < -0.3 is 10.2 Å². The lowest BCUT2D eigenvalue weighted by Crippen LogP contribution is -2.49. The molecule has 2 amide bonds. The molecule has 5 heteroatoms. The summed E-state index contributed by atoms with van der Waals surface area (Å²) in [7, 11) is 0. The average molecular weight is 301 g/mol. The third kappa shape index (κ3) is 3.85. The van der Waals surface area contributed by atoms with Gasteiger partial charge in [-0.1, -0.05) is 6.07 Å². The number of carbonyl (C=O) groups excluding carboxylic acids is 2. The molecular formula is C17H23N3O2. The maximum atomic E-state index is 12.6. The van der Waals surface area contributed by atoms with Gasteiger partial charge in [0.2, 0.25) is 5.91 Å². The van der Waals surface area contributed by atoms with Gasteiger partial charge >= 0.3 is 0 Å². The molecule has 3 rings (SSSR count). The van der Waals surface area contributed by atoms with Gasteiger partial charge in [0.1, 0.15) is 0 Å². The lowest BCUT2D eigenvalue weighted by atomic mass is 10.1. The van der Waals surface area contributed by atoms with Crippen molar-refractivity contribution in [3.8, 4) is 0 Å². The first-order valence-electron chi connectivity index (χ1n) is 8.01. The molecule has 0 unspecified atom stereocenters. The van der Waals surface area contributed by atoms with E-state index < -0.39 is 0 Å². The smallest absolute Gasteiger partial charge is 0.254 e. The summed E-state index contributed by atoms with van der Waals surface area (Å²) in [6, 6.07) is 7.16. The van der Waals surface area contributed by atoms with Gasteiger partial charge in [0.05, 0.1) is 0 Å². The molecule has 0 aromatic heterocycles. The van der Waals surface area contributed by atoms with Crippen LogP contribution in [0.15, 0.2) is 24.3 Å². The van der Waals surface area contributed by atoms with E-state index in [1.54, 1.807) is 12.1 Å². The van der Waals surface area contributed by atoms with Gasteiger partial charge in [0.15, 0.2) is 0 Å². The van der Waals surface area contributed by atoms with Crippen molar-refractivity contribution in [3.63, 3.8) is 0 Å². The van der Waals surface area contributed by atoms with Gasteiger partial charge in [-0.2, -0.15) is 0 Å². The minimum Gasteiger partial charge on any atom is -0.336 e. The summed E-state index contributed by atoms with van der Waals surface area (Å²) in [5.74, 6) is 0.827. The molecule has 0 bridgehead atoms. The van der Waals surface area contributed by atoms with Crippen LogP contribution in [0.1, 0.15) is 30.1 Å². The van der Waals surface area contributed by atoms with E-state index in [9.17, 15) is 9.59 Å². The first-order valence-corrected chi connectivity index (χ1v) is 8.01. The van der Waals surface area contributed by atoms with E-state index in [1.165, 1.54) is 26.3 Å². The number of rotatable bonds is 4. The molecule has 1 heterocycles. The minimum absolute atomic E-state index is 0.0540. The Labute approximate surface area is 131 Å². The maximum absolute atomic E-state index is 12.6. The third-order valence-corrected chi connectivity index (χ3v) is 4.30. The SMILES string of the molecule is CC(=O)Nc1cccc(C(=O)N2CCN(CC3CC3)CC2)c1. The zero-order valence-electron chi connectivity index (χ0n) is 13.0. The monoisotopic (exact) mass is 301 g/mol. The van der Waals surface area contributed by atoms with Crippen LogP contribution in [0.2, 0.25) is 0 Å². The van der Waals surface area contributed by atoms with Gasteiger partial charge in [0, 0.05) is 50.9 Å². The van der Waals surface area contributed by atoms with Crippen molar-refractivity contribution < 1.29 is 9.59 Å². The number of nitrogens with zero attached hydrogens (tertiary/aromatic N) is 2. The van der Waals surface area contributed by atoms with Crippen molar-refractivity contribution in [2.45, 2.75) is 19.8 Å². The Morgan fingerprint density at radius 2 is 1.91 bits per heavy atom. The van der Waals surface area contributed by atoms with E-state index >= 15 is 0 Å². The molecule has 2 aliphatic rings. The van der Waals surface area contributed by atoms with Crippen LogP contribution < -0.4 is 5.32 Å². The molecular weight excluding hydrogens is 278 g/mol. The molecule has 0 spiro atoms. The molecule has 5 nitrogen and oxygen atoms in total. The molecule has 1 N–H and O–H groups in total. The van der Waals surface area contributed by atoms with E-state index in [4.69, 9.17) is 0 Å². The van der Waals surface area contributed by atoms with E-state index in [0.717, 1.165) is 32.1 Å². The van der Waals surface area contributed by atoms with Crippen LogP contribution >= 0.6 is 0 Å². The molecule has 2 fully saturated rings. The molecule has 118 valence electrons. The topological polar surface area (TPSA) is 52.7 Å². The second-order valence-corrected chi connectivity index (χ2v) is 6.30. The molecule has 22 heavy (non-hydrogen) atoms. The number of nitrogens with one attached hydrogen (secondary N) is 1. The third-order valence-electron chi connectivity index (χ3n) is 4.30. The number of carbonyl (C=O) groups is 2. The van der Waals surface area contributed by atoms with Crippen LogP contribution in [-0.4, -0.2) is 54.3 Å². The van der Waals surface area contributed by atoms with Crippen molar-refractivity contribution in [1.29, 1.82) is 0 Å². The molecule has 1 aromatic rings. The lowest BCUT2D eigenvalue weighted by Gasteiger charge is -2.34. The second-order valence-electron chi connectivity index (χ2n) is 6.30. The molecule has 1 aliphatic carbocycles. The number of hydrogen-bond donors (Lipinski definition) is 1. The lowest BCUT2D eigenvalue weighted by molar-refractivity contribution is -0.114. The Morgan fingerprint density at radius 1 is 1.18 bits per heavy atom. The van der Waals surface area contributed by atoms with Gasteiger partial charge in [-0.3, -0.25) is 14.5 Å². The summed E-state index contributed by atoms with van der Waals surface area (Å²) < 4.78 is 0. The molecule has 1 saturated heterocycles. The highest BCUT2D eigenvalue weighted by molar-refractivity contribution is 5.96. The summed E-state index contributed by atoms with van der Waals surface area (Å²) >= 11 is 0. The molecule has 1 aromatic carbocycles. The molecule has 0 atom stereocenters. The van der Waals surface area contributed by atoms with Crippen molar-refractivity contribution in [1.82, 2.24) is 9.80 Å². The second kappa shape index (κ2) is 6.48. The van der Waals surface area contributed by atoms with Gasteiger partial charge in [-0.05, 0) is 37.0 Å². The summed E-state index contributed by atoms with van der Waals surface area (Å²) in [5, 5.41) is 2.72. The van der Waals surface area contributed by atoms with Crippen molar-refractivity contribution >= 4 is 17.5 Å². The van der Waals surface area contributed by atoms with Crippen LogP contribution in [0, 0.1) is 5.92 Å². The van der Waals surface area contributed by atoms with Crippen LogP contribution in [0.5, 0.6) is 0 Å². The number of amides is 2. The van der Waals surface area contributed by atoms with Crippen molar-refractivity contribution in [2.24, 2.45) is 5.92 Å². The Kier molecular flexibility index (Phi) is 4.43. The Morgan fingerprint density at radius 3 is 2.55 bits per heavy atom. The van der Waals surface area contributed by atoms with E-state index in [2.05, 4.69) is 10.2 Å². The highest BCUT2D eigenvalue weighted by Crippen LogP contribution is 2.30. The number of benzene rings is 1. The Balaban J connectivity index is 1.58. The maximum Gasteiger partial charge on any atom is 0.254 e. The fourth-order valence-corrected chi connectivity index (χ4v) is 2.91. The Bertz CT molecular complexity index is 561. The summed E-state index contributed by atoms with van der Waals surface area (Å²) in [6.45, 7) is 6.17. The van der Waals surface area contributed by atoms with Crippen molar-refractivity contribution in [3.05, 3.63) is 29.8 Å². The fourth-order valence-electron chi connectivity index (χ4n) is 2.91. The molecule has 1 saturated carbocycles. The summed E-state index contributed by atoms with van der Waals surface area (Å²) in [6.07, 6.45) is 2.74. The van der Waals surface area contributed by atoms with Crippen LogP contribution in [0.4, 0.5) is 5.69 Å². The largest absolute Gasteiger partial charge is 0.336 e. The zero-order chi connectivity index (χ0) is 15.5. The number of hydrogen-bond acceptors (Lipinski definition) is 3. The predicted octanol–water partition coefficient (Wildman–Crippen LogP) is 1.81. The van der Waals surface area contributed by atoms with Gasteiger partial charge in [-0.15, -0.1) is 0 Å². The quantitative estimate of drug-likeness (QED) is 0.923. The van der Waals surface area contributed by atoms with Crippen LogP contribution in [0.3, 0.4) is 0 Å². The van der Waals surface area contributed by atoms with Crippen LogP contribution in [0.25, 0.3) is 0 Å². The van der Waals surface area contributed by atoms with Crippen LogP contribution in [-0.2, 0) is 4.79 Å². The highest BCUT2D eigenvalue weighted by Gasteiger charge is 2.27. The first-order chi connectivity index (χ1) is 10.6. The zero-order valence-corrected chi connectivity index (χ0v) is 13.0. The van der Waals surface area contributed by atoms with E-state index in [-0.39, 0.29) is 11.8 Å². The molecule has 1 aliphatic heterocycles. The van der Waals surface area contributed by atoms with E-state index in [0.29, 0.717) is 11.3 Å². The minimum atomic E-state index is -0.127. The number of anilines is 1. The van der Waals surface area contributed by atoms with E-state index in [1.807, 2.05) is 17.0 Å². The van der Waals surface area contributed by atoms with Gasteiger partial charge in [-0.25, -0.2) is 0 Å². The number of piperazine rings is 1. The first kappa shape index (κ1) is 15.0. The predicted molar refractivity (Wildman–Crippen MR) is 85.8 cm³/mol. The molecule has 0 radical (unpaired) electrons. The van der Waals surface area contributed by atoms with Gasteiger partial charge in [0.25, 0.3) is 5.91 Å². The summed E-state index contributed by atoms with van der Waals surface area (Å²) in [4.78, 5) is 28.1.